The van der Waals surface area contributed by atoms with Crippen molar-refractivity contribution < 1.29 is 9.59 Å². The van der Waals surface area contributed by atoms with Crippen LogP contribution in [-0.2, 0) is 0 Å². The van der Waals surface area contributed by atoms with Crippen LogP contribution in [0.5, 0.6) is 0 Å². The highest BCUT2D eigenvalue weighted by molar-refractivity contribution is 7.99. The molecule has 0 saturated heterocycles. The highest BCUT2D eigenvalue weighted by Gasteiger charge is 2.35. The van der Waals surface area contributed by atoms with Gasteiger partial charge in [0.2, 0.25) is 0 Å². The van der Waals surface area contributed by atoms with Gasteiger partial charge in [0.05, 0.1) is 17.0 Å². The fraction of sp³-hybridized carbons (Fsp3) is 0.105. The molecule has 2 heterocycles. The normalized spacial score (nSPS) is 13.4. The van der Waals surface area contributed by atoms with Gasteiger partial charge >= 0.3 is 0 Å². The Hall–Kier alpha value is -2.86. The molecule has 1 aliphatic heterocycles. The molecule has 0 N–H and O–H groups in total. The van der Waals surface area contributed by atoms with Gasteiger partial charge in [-0.05, 0) is 36.8 Å². The number of thioether (sulfide) groups is 1. The molecule has 25 heavy (non-hydrogen) atoms. The number of carbonyl (C=O) groups is 2. The van der Waals surface area contributed by atoms with Gasteiger partial charge in [-0.25, -0.2) is 4.98 Å². The van der Waals surface area contributed by atoms with Crippen molar-refractivity contribution in [1.82, 2.24) is 14.5 Å². The van der Waals surface area contributed by atoms with Gasteiger partial charge in [0.15, 0.2) is 5.16 Å². The topological polar surface area (TPSA) is 55.2 Å². The van der Waals surface area contributed by atoms with E-state index in [9.17, 15) is 9.59 Å². The number of fused-ring (bicyclic) bond motifs is 1. The molecule has 4 rings (SSSR count). The molecular weight excluding hydrogens is 334 g/mol. The second-order valence-electron chi connectivity index (χ2n) is 5.78. The lowest BCUT2D eigenvalue weighted by Crippen LogP contribution is -2.29. The van der Waals surface area contributed by atoms with Crippen LogP contribution in [0.1, 0.15) is 26.3 Å². The van der Waals surface area contributed by atoms with E-state index in [2.05, 4.69) is 11.1 Å². The molecule has 0 radical (unpaired) electrons. The molecule has 1 aromatic heterocycles. The van der Waals surface area contributed by atoms with E-state index in [1.165, 1.54) is 16.7 Å². The predicted molar refractivity (Wildman–Crippen MR) is 96.0 cm³/mol. The first-order valence-electron chi connectivity index (χ1n) is 7.83. The van der Waals surface area contributed by atoms with E-state index in [1.54, 1.807) is 30.5 Å². The minimum atomic E-state index is -0.248. The molecular formula is C19H15N3O2S. The van der Waals surface area contributed by atoms with Gasteiger partial charge in [-0.2, -0.15) is 0 Å². The van der Waals surface area contributed by atoms with E-state index in [-0.39, 0.29) is 17.7 Å². The Bertz CT molecular complexity index is 945. The Morgan fingerprint density at radius 3 is 2.40 bits per heavy atom. The summed E-state index contributed by atoms with van der Waals surface area (Å²) in [4.78, 5) is 30.5. The van der Waals surface area contributed by atoms with Crippen LogP contribution in [0.25, 0.3) is 5.69 Å². The molecule has 0 atom stereocenters. The summed E-state index contributed by atoms with van der Waals surface area (Å²) in [5.41, 5.74) is 3.09. The largest absolute Gasteiger partial charge is 0.295 e. The highest BCUT2D eigenvalue weighted by Crippen LogP contribution is 2.27. The minimum Gasteiger partial charge on any atom is -0.295 e. The van der Waals surface area contributed by atoms with Crippen LogP contribution >= 0.6 is 11.8 Å². The summed E-state index contributed by atoms with van der Waals surface area (Å²) in [7, 11) is 0. The van der Waals surface area contributed by atoms with Gasteiger partial charge in [0.25, 0.3) is 11.8 Å². The zero-order chi connectivity index (χ0) is 17.4. The molecule has 5 nitrogen and oxygen atoms in total. The Morgan fingerprint density at radius 1 is 1.00 bits per heavy atom. The zero-order valence-electron chi connectivity index (χ0n) is 13.5. The molecule has 0 spiro atoms. The number of imidazole rings is 1. The fourth-order valence-corrected chi connectivity index (χ4v) is 3.77. The number of nitrogens with zero attached hydrogens (tertiary/aromatic N) is 3. The summed E-state index contributed by atoms with van der Waals surface area (Å²) in [6.45, 7) is 2.03. The van der Waals surface area contributed by atoms with Gasteiger partial charge in [0, 0.05) is 18.1 Å². The van der Waals surface area contributed by atoms with E-state index in [0.29, 0.717) is 11.1 Å². The second-order valence-corrected chi connectivity index (χ2v) is 6.69. The molecule has 3 aromatic rings. The van der Waals surface area contributed by atoms with Crippen LogP contribution in [0, 0.1) is 6.92 Å². The number of aromatic nitrogens is 2. The van der Waals surface area contributed by atoms with E-state index in [4.69, 9.17) is 0 Å². The van der Waals surface area contributed by atoms with Crippen molar-refractivity contribution >= 4 is 23.6 Å². The van der Waals surface area contributed by atoms with Crippen LogP contribution in [0.3, 0.4) is 0 Å². The minimum absolute atomic E-state index is 0.231. The number of carbonyl (C=O) groups excluding carboxylic acids is 2. The highest BCUT2D eigenvalue weighted by atomic mass is 32.2. The number of aryl methyl sites for hydroxylation is 1. The first-order chi connectivity index (χ1) is 12.1. The van der Waals surface area contributed by atoms with Crippen molar-refractivity contribution in [3.05, 3.63) is 77.6 Å². The van der Waals surface area contributed by atoms with Crippen molar-refractivity contribution in [2.24, 2.45) is 0 Å². The maximum atomic E-state index is 12.4. The Balaban J connectivity index is 1.55. The summed E-state index contributed by atoms with van der Waals surface area (Å²) in [5, 5.41) is 0.738. The summed E-state index contributed by atoms with van der Waals surface area (Å²) < 4.78 is 1.95. The summed E-state index contributed by atoms with van der Waals surface area (Å²) in [5.74, 6) is -0.265. The van der Waals surface area contributed by atoms with Crippen LogP contribution in [0.4, 0.5) is 0 Å². The van der Waals surface area contributed by atoms with Crippen molar-refractivity contribution in [1.29, 1.82) is 0 Å². The summed E-state index contributed by atoms with van der Waals surface area (Å²) >= 11 is 1.37. The van der Waals surface area contributed by atoms with Gasteiger partial charge in [0.1, 0.15) is 0 Å². The number of hydrogen-bond acceptors (Lipinski definition) is 4. The Morgan fingerprint density at radius 2 is 1.72 bits per heavy atom. The van der Waals surface area contributed by atoms with Crippen molar-refractivity contribution in [2.45, 2.75) is 12.1 Å². The zero-order valence-corrected chi connectivity index (χ0v) is 14.4. The molecule has 0 fully saturated rings. The quantitative estimate of drug-likeness (QED) is 0.534. The molecule has 124 valence electrons. The predicted octanol–water partition coefficient (Wildman–Crippen LogP) is 3.53. The van der Waals surface area contributed by atoms with Crippen LogP contribution in [0.2, 0.25) is 0 Å². The van der Waals surface area contributed by atoms with E-state index in [1.807, 2.05) is 35.9 Å². The maximum absolute atomic E-state index is 12.4. The standard InChI is InChI=1S/C19H15N3O2S/c1-13-5-4-6-14(11-13)21-10-9-20-19(21)25-12-22-17(23)15-7-2-3-8-16(15)18(22)24/h2-11H,12H2,1H3. The molecule has 0 aliphatic carbocycles. The van der Waals surface area contributed by atoms with Crippen molar-refractivity contribution in [3.63, 3.8) is 0 Å². The average molecular weight is 349 g/mol. The number of imide groups is 1. The average Bonchev–Trinajstić information content (AvgIpc) is 3.18. The molecule has 1 aliphatic rings. The number of benzene rings is 2. The summed E-state index contributed by atoms with van der Waals surface area (Å²) in [6, 6.07) is 15.0. The number of rotatable bonds is 4. The summed E-state index contributed by atoms with van der Waals surface area (Å²) in [6.07, 6.45) is 3.59. The molecule has 2 aromatic carbocycles. The molecule has 0 bridgehead atoms. The fourth-order valence-electron chi connectivity index (χ4n) is 2.85. The van der Waals surface area contributed by atoms with Crippen LogP contribution < -0.4 is 0 Å². The third kappa shape index (κ3) is 2.74. The van der Waals surface area contributed by atoms with Gasteiger partial charge in [-0.15, -0.1) is 0 Å². The number of amides is 2. The van der Waals surface area contributed by atoms with Gasteiger partial charge in [-0.3, -0.25) is 19.1 Å². The van der Waals surface area contributed by atoms with Crippen LogP contribution in [-0.4, -0.2) is 32.1 Å². The molecule has 0 saturated carbocycles. The van der Waals surface area contributed by atoms with E-state index >= 15 is 0 Å². The lowest BCUT2D eigenvalue weighted by Gasteiger charge is -2.14. The monoisotopic (exact) mass is 349 g/mol. The van der Waals surface area contributed by atoms with E-state index < -0.39 is 0 Å². The third-order valence-electron chi connectivity index (χ3n) is 4.09. The lowest BCUT2D eigenvalue weighted by atomic mass is 10.1. The first kappa shape index (κ1) is 15.7. The smallest absolute Gasteiger partial charge is 0.262 e. The van der Waals surface area contributed by atoms with Crippen molar-refractivity contribution in [3.8, 4) is 5.69 Å². The maximum Gasteiger partial charge on any atom is 0.262 e. The molecule has 2 amide bonds. The number of hydrogen-bond donors (Lipinski definition) is 0. The first-order valence-corrected chi connectivity index (χ1v) is 8.82. The van der Waals surface area contributed by atoms with Gasteiger partial charge in [-0.1, -0.05) is 36.0 Å². The SMILES string of the molecule is Cc1cccc(-n2ccnc2SCN2C(=O)c3ccccc3C2=O)c1. The lowest BCUT2D eigenvalue weighted by molar-refractivity contribution is 0.0684. The third-order valence-corrected chi connectivity index (χ3v) is 5.04. The molecule has 0 unspecified atom stereocenters. The van der Waals surface area contributed by atoms with Gasteiger partial charge < -0.3 is 0 Å². The van der Waals surface area contributed by atoms with Crippen molar-refractivity contribution in [2.75, 3.05) is 5.88 Å². The Kier molecular flexibility index (Phi) is 3.89. The van der Waals surface area contributed by atoms with E-state index in [0.717, 1.165) is 16.4 Å². The Labute approximate surface area is 149 Å². The second kappa shape index (κ2) is 6.22. The molecule has 6 heteroatoms. The van der Waals surface area contributed by atoms with Crippen LogP contribution in [0.15, 0.2) is 66.1 Å².